The summed E-state index contributed by atoms with van der Waals surface area (Å²) < 4.78 is 14.8. The summed E-state index contributed by atoms with van der Waals surface area (Å²) in [6, 6.07) is 7.63. The van der Waals surface area contributed by atoms with Crippen LogP contribution in [0.1, 0.15) is 11.1 Å². The molecule has 1 aromatic heterocycles. The summed E-state index contributed by atoms with van der Waals surface area (Å²) in [4.78, 5) is 25.9. The van der Waals surface area contributed by atoms with Gasteiger partial charge < -0.3 is 4.57 Å². The number of thioether (sulfide) groups is 1. The maximum atomic E-state index is 12.9. The molecule has 0 spiro atoms. The molecular weight excluding hydrogens is 303 g/mol. The average Bonchev–Trinajstić information content (AvgIpc) is 3.00. The van der Waals surface area contributed by atoms with Gasteiger partial charge in [0.25, 0.3) is 11.1 Å². The number of benzene rings is 1. The summed E-state index contributed by atoms with van der Waals surface area (Å²) in [7, 11) is 1.89. The molecule has 1 aliphatic heterocycles. The molecule has 0 unspecified atom stereocenters. The Bertz CT molecular complexity index is 765. The van der Waals surface area contributed by atoms with Gasteiger partial charge in [0.05, 0.1) is 11.4 Å². The molecule has 2 aromatic rings. The molecule has 1 saturated heterocycles. The Labute approximate surface area is 131 Å². The quantitative estimate of drug-likeness (QED) is 0.815. The van der Waals surface area contributed by atoms with Gasteiger partial charge in [0.2, 0.25) is 0 Å². The molecule has 0 N–H and O–H groups in total. The number of aryl methyl sites for hydroxylation is 1. The van der Waals surface area contributed by atoms with Gasteiger partial charge in [-0.15, -0.1) is 0 Å². The Kier molecular flexibility index (Phi) is 3.85. The Hall–Kier alpha value is -2.34. The molecule has 3 rings (SSSR count). The van der Waals surface area contributed by atoms with E-state index in [4.69, 9.17) is 0 Å². The lowest BCUT2D eigenvalue weighted by Crippen LogP contribution is -2.27. The zero-order valence-corrected chi connectivity index (χ0v) is 12.6. The van der Waals surface area contributed by atoms with Crippen molar-refractivity contribution in [2.45, 2.75) is 6.54 Å². The Balaban J connectivity index is 1.79. The molecule has 1 fully saturated rings. The molecule has 0 saturated carbocycles. The fourth-order valence-corrected chi connectivity index (χ4v) is 3.01. The predicted octanol–water partition coefficient (Wildman–Crippen LogP) is 3.40. The molecular formula is C16H13FN2O2S. The van der Waals surface area contributed by atoms with E-state index in [1.54, 1.807) is 18.2 Å². The third kappa shape index (κ3) is 2.96. The SMILES string of the molecule is Cn1ccc(/C=C2/SC(=O)N(Cc3ccc(F)cc3)C2=O)c1. The topological polar surface area (TPSA) is 42.3 Å². The Morgan fingerprint density at radius 2 is 1.91 bits per heavy atom. The van der Waals surface area contributed by atoms with Crippen molar-refractivity contribution in [3.8, 4) is 0 Å². The highest BCUT2D eigenvalue weighted by Gasteiger charge is 2.34. The summed E-state index contributed by atoms with van der Waals surface area (Å²) >= 11 is 0.923. The number of aromatic nitrogens is 1. The minimum absolute atomic E-state index is 0.150. The number of hydrogen-bond donors (Lipinski definition) is 0. The van der Waals surface area contributed by atoms with E-state index in [2.05, 4.69) is 0 Å². The standard InChI is InChI=1S/C16H13FN2O2S/c1-18-7-6-12(9-18)8-14-15(20)19(16(21)22-14)10-11-2-4-13(17)5-3-11/h2-9H,10H2,1H3/b14-8+. The molecule has 0 bridgehead atoms. The van der Waals surface area contributed by atoms with Crippen LogP contribution in [0, 0.1) is 5.82 Å². The molecule has 0 aliphatic carbocycles. The molecule has 2 amide bonds. The van der Waals surface area contributed by atoms with Gasteiger partial charge in [0, 0.05) is 19.4 Å². The number of carbonyl (C=O) groups is 2. The van der Waals surface area contributed by atoms with Crippen molar-refractivity contribution in [3.63, 3.8) is 0 Å². The maximum Gasteiger partial charge on any atom is 0.293 e. The lowest BCUT2D eigenvalue weighted by atomic mass is 10.2. The van der Waals surface area contributed by atoms with Crippen LogP contribution in [0.2, 0.25) is 0 Å². The molecule has 1 aromatic carbocycles. The van der Waals surface area contributed by atoms with Gasteiger partial charge in [-0.2, -0.15) is 0 Å². The third-order valence-corrected chi connectivity index (χ3v) is 4.19. The van der Waals surface area contributed by atoms with E-state index in [1.807, 2.05) is 30.1 Å². The first-order valence-electron chi connectivity index (χ1n) is 6.65. The summed E-state index contributed by atoms with van der Waals surface area (Å²) in [6.07, 6.45) is 5.44. The van der Waals surface area contributed by atoms with Crippen molar-refractivity contribution in [3.05, 3.63) is 64.6 Å². The molecule has 4 nitrogen and oxygen atoms in total. The van der Waals surface area contributed by atoms with Crippen LogP contribution in [0.4, 0.5) is 9.18 Å². The van der Waals surface area contributed by atoms with Gasteiger partial charge in [0.15, 0.2) is 0 Å². The number of nitrogens with zero attached hydrogens (tertiary/aromatic N) is 2. The number of amides is 2. The fourth-order valence-electron chi connectivity index (χ4n) is 2.17. The van der Waals surface area contributed by atoms with Crippen molar-refractivity contribution in [2.75, 3.05) is 0 Å². The highest BCUT2D eigenvalue weighted by Crippen LogP contribution is 2.33. The number of halogens is 1. The van der Waals surface area contributed by atoms with Crippen LogP contribution in [0.15, 0.2) is 47.6 Å². The zero-order chi connectivity index (χ0) is 15.7. The van der Waals surface area contributed by atoms with Crippen molar-refractivity contribution >= 4 is 29.0 Å². The van der Waals surface area contributed by atoms with Gasteiger partial charge >= 0.3 is 0 Å². The van der Waals surface area contributed by atoms with Gasteiger partial charge in [-0.1, -0.05) is 12.1 Å². The van der Waals surface area contributed by atoms with E-state index in [0.717, 1.165) is 17.3 Å². The van der Waals surface area contributed by atoms with Crippen molar-refractivity contribution in [2.24, 2.45) is 7.05 Å². The number of carbonyl (C=O) groups excluding carboxylic acids is 2. The van der Waals surface area contributed by atoms with Crippen molar-refractivity contribution in [1.82, 2.24) is 9.47 Å². The van der Waals surface area contributed by atoms with E-state index in [0.29, 0.717) is 10.5 Å². The highest BCUT2D eigenvalue weighted by molar-refractivity contribution is 8.18. The van der Waals surface area contributed by atoms with Crippen molar-refractivity contribution in [1.29, 1.82) is 0 Å². The number of hydrogen-bond acceptors (Lipinski definition) is 3. The van der Waals surface area contributed by atoms with Crippen LogP contribution in [0.5, 0.6) is 0 Å². The predicted molar refractivity (Wildman–Crippen MR) is 83.3 cm³/mol. The molecule has 0 atom stereocenters. The van der Waals surface area contributed by atoms with Gasteiger partial charge in [-0.05, 0) is 47.2 Å². The van der Waals surface area contributed by atoms with Crippen LogP contribution in [-0.2, 0) is 18.4 Å². The first-order chi connectivity index (χ1) is 10.5. The van der Waals surface area contributed by atoms with Crippen LogP contribution in [0.3, 0.4) is 0 Å². The normalized spacial score (nSPS) is 16.8. The second-order valence-electron chi connectivity index (χ2n) is 5.00. The third-order valence-electron chi connectivity index (χ3n) is 3.28. The van der Waals surface area contributed by atoms with E-state index >= 15 is 0 Å². The summed E-state index contributed by atoms with van der Waals surface area (Å²) in [6.45, 7) is 0.150. The minimum atomic E-state index is -0.345. The van der Waals surface area contributed by atoms with E-state index in [9.17, 15) is 14.0 Å². The minimum Gasteiger partial charge on any atom is -0.357 e. The smallest absolute Gasteiger partial charge is 0.293 e. The molecule has 112 valence electrons. The summed E-state index contributed by atoms with van der Waals surface area (Å²) in [5, 5.41) is -0.309. The highest BCUT2D eigenvalue weighted by atomic mass is 32.2. The largest absolute Gasteiger partial charge is 0.357 e. The fraction of sp³-hybridized carbons (Fsp3) is 0.125. The van der Waals surface area contributed by atoms with E-state index in [-0.39, 0.29) is 23.5 Å². The Morgan fingerprint density at radius 1 is 1.18 bits per heavy atom. The second kappa shape index (κ2) is 5.81. The molecule has 1 aliphatic rings. The van der Waals surface area contributed by atoms with Crippen molar-refractivity contribution < 1.29 is 14.0 Å². The summed E-state index contributed by atoms with van der Waals surface area (Å²) in [5.41, 5.74) is 1.58. The molecule has 22 heavy (non-hydrogen) atoms. The number of imide groups is 1. The maximum absolute atomic E-state index is 12.9. The van der Waals surface area contributed by atoms with Crippen LogP contribution >= 0.6 is 11.8 Å². The van der Waals surface area contributed by atoms with Gasteiger partial charge in [0.1, 0.15) is 5.82 Å². The lowest BCUT2D eigenvalue weighted by molar-refractivity contribution is -0.123. The monoisotopic (exact) mass is 316 g/mol. The number of rotatable bonds is 3. The molecule has 6 heteroatoms. The van der Waals surface area contributed by atoms with Crippen LogP contribution in [-0.4, -0.2) is 20.6 Å². The average molecular weight is 316 g/mol. The zero-order valence-electron chi connectivity index (χ0n) is 11.8. The molecule has 0 radical (unpaired) electrons. The Morgan fingerprint density at radius 3 is 2.55 bits per heavy atom. The van der Waals surface area contributed by atoms with E-state index in [1.165, 1.54) is 17.0 Å². The molecule has 2 heterocycles. The van der Waals surface area contributed by atoms with Gasteiger partial charge in [-0.25, -0.2) is 4.39 Å². The van der Waals surface area contributed by atoms with Crippen LogP contribution < -0.4 is 0 Å². The second-order valence-corrected chi connectivity index (χ2v) is 6.00. The first kappa shape index (κ1) is 14.6. The lowest BCUT2D eigenvalue weighted by Gasteiger charge is -2.12. The van der Waals surface area contributed by atoms with Gasteiger partial charge in [-0.3, -0.25) is 14.5 Å². The van der Waals surface area contributed by atoms with Crippen LogP contribution in [0.25, 0.3) is 6.08 Å². The summed E-state index contributed by atoms with van der Waals surface area (Å²) in [5.74, 6) is -0.662. The first-order valence-corrected chi connectivity index (χ1v) is 7.46. The van der Waals surface area contributed by atoms with E-state index < -0.39 is 0 Å².